The molecular weight excluding hydrogens is 248 g/mol. The number of methoxy groups -OCH3 is 2. The van der Waals surface area contributed by atoms with Gasteiger partial charge in [0.25, 0.3) is 0 Å². The molecule has 0 bridgehead atoms. The summed E-state index contributed by atoms with van der Waals surface area (Å²) in [5, 5.41) is 0. The van der Waals surface area contributed by atoms with Crippen molar-refractivity contribution in [1.29, 1.82) is 0 Å². The minimum atomic E-state index is -0.943. The van der Waals surface area contributed by atoms with Crippen LogP contribution >= 0.6 is 0 Å². The Balaban J connectivity index is 2.76. The monoisotopic (exact) mass is 264 g/mol. The van der Waals surface area contributed by atoms with E-state index in [1.54, 1.807) is 0 Å². The van der Waals surface area contributed by atoms with Gasteiger partial charge in [0, 0.05) is 6.42 Å². The Morgan fingerprint density at radius 3 is 2.21 bits per heavy atom. The zero-order chi connectivity index (χ0) is 14.3. The summed E-state index contributed by atoms with van der Waals surface area (Å²) in [5.74, 6) is -2.86. The van der Waals surface area contributed by atoms with Crippen LogP contribution in [0.4, 0.5) is 0 Å². The van der Waals surface area contributed by atoms with Crippen molar-refractivity contribution in [1.82, 2.24) is 0 Å². The molecule has 1 aromatic carbocycles. The second-order valence-corrected chi connectivity index (χ2v) is 4.03. The van der Waals surface area contributed by atoms with Crippen LogP contribution in [0.15, 0.2) is 30.3 Å². The smallest absolute Gasteiger partial charge is 0.374 e. The van der Waals surface area contributed by atoms with Crippen LogP contribution in [0.1, 0.15) is 12.0 Å². The highest BCUT2D eigenvalue weighted by Crippen LogP contribution is 2.15. The number of hydrogen-bond donors (Lipinski definition) is 0. The maximum Gasteiger partial charge on any atom is 0.374 e. The molecule has 1 aromatic rings. The summed E-state index contributed by atoms with van der Waals surface area (Å²) in [7, 11) is 2.38. The van der Waals surface area contributed by atoms with Gasteiger partial charge in [0.2, 0.25) is 5.78 Å². The average molecular weight is 264 g/mol. The first-order valence-corrected chi connectivity index (χ1v) is 5.81. The van der Waals surface area contributed by atoms with Crippen molar-refractivity contribution in [3.63, 3.8) is 0 Å². The van der Waals surface area contributed by atoms with Crippen LogP contribution < -0.4 is 0 Å². The molecule has 5 heteroatoms. The normalized spacial score (nSPS) is 11.5. The number of carbonyl (C=O) groups excluding carboxylic acids is 3. The Labute approximate surface area is 111 Å². The first-order chi connectivity index (χ1) is 9.08. The topological polar surface area (TPSA) is 69.7 Å². The van der Waals surface area contributed by atoms with Crippen LogP contribution in [0.3, 0.4) is 0 Å². The predicted octanol–water partition coefficient (Wildman–Crippen LogP) is 1.15. The quantitative estimate of drug-likeness (QED) is 0.569. The SMILES string of the molecule is COC(=O)C(=O)CC(Cc1ccccc1)C(=O)OC. The zero-order valence-electron chi connectivity index (χ0n) is 10.9. The molecule has 0 amide bonds. The fourth-order valence-electron chi connectivity index (χ4n) is 1.73. The molecule has 5 nitrogen and oxygen atoms in total. The largest absolute Gasteiger partial charge is 0.469 e. The summed E-state index contributed by atoms with van der Waals surface area (Å²) in [6, 6.07) is 9.23. The minimum absolute atomic E-state index is 0.214. The molecular formula is C14H16O5. The molecule has 0 aliphatic carbocycles. The molecule has 0 radical (unpaired) electrons. The number of carbonyl (C=O) groups is 3. The van der Waals surface area contributed by atoms with E-state index in [1.165, 1.54) is 7.11 Å². The van der Waals surface area contributed by atoms with Crippen LogP contribution in [0.2, 0.25) is 0 Å². The van der Waals surface area contributed by atoms with Crippen molar-refractivity contribution in [3.05, 3.63) is 35.9 Å². The lowest BCUT2D eigenvalue weighted by Crippen LogP contribution is -2.26. The first kappa shape index (κ1) is 14.9. The average Bonchev–Trinajstić information content (AvgIpc) is 2.45. The van der Waals surface area contributed by atoms with Gasteiger partial charge in [0.15, 0.2) is 0 Å². The standard InChI is InChI=1S/C14H16O5/c1-18-13(16)11(9-12(15)14(17)19-2)8-10-6-4-3-5-7-10/h3-7,11H,8-9H2,1-2H3. The third-order valence-electron chi connectivity index (χ3n) is 2.70. The highest BCUT2D eigenvalue weighted by Gasteiger charge is 2.26. The number of benzene rings is 1. The molecule has 0 spiro atoms. The molecule has 0 N–H and O–H groups in total. The molecule has 0 fully saturated rings. The third kappa shape index (κ3) is 4.54. The Morgan fingerprint density at radius 1 is 1.05 bits per heavy atom. The lowest BCUT2D eigenvalue weighted by atomic mass is 9.94. The Hall–Kier alpha value is -2.17. The number of Topliss-reactive ketones (excluding diaryl/α,β-unsaturated/α-hetero) is 1. The molecule has 102 valence electrons. The van der Waals surface area contributed by atoms with Gasteiger partial charge in [0.05, 0.1) is 20.1 Å². The number of rotatable bonds is 6. The Bertz CT molecular complexity index is 452. The van der Waals surface area contributed by atoms with Gasteiger partial charge in [-0.25, -0.2) is 4.79 Å². The lowest BCUT2D eigenvalue weighted by molar-refractivity contribution is -0.154. The molecule has 0 aliphatic rings. The summed E-state index contributed by atoms with van der Waals surface area (Å²) < 4.78 is 8.99. The van der Waals surface area contributed by atoms with Crippen LogP contribution in [-0.4, -0.2) is 31.9 Å². The minimum Gasteiger partial charge on any atom is -0.469 e. The molecule has 19 heavy (non-hydrogen) atoms. The maximum absolute atomic E-state index is 11.6. The molecule has 1 rings (SSSR count). The second-order valence-electron chi connectivity index (χ2n) is 4.03. The van der Waals surface area contributed by atoms with Crippen molar-refractivity contribution < 1.29 is 23.9 Å². The van der Waals surface area contributed by atoms with Crippen LogP contribution in [0, 0.1) is 5.92 Å². The molecule has 0 saturated carbocycles. The van der Waals surface area contributed by atoms with Crippen molar-refractivity contribution in [2.45, 2.75) is 12.8 Å². The molecule has 0 saturated heterocycles. The van der Waals surface area contributed by atoms with Gasteiger partial charge in [-0.2, -0.15) is 0 Å². The van der Waals surface area contributed by atoms with Crippen LogP contribution in [0.5, 0.6) is 0 Å². The van der Waals surface area contributed by atoms with Gasteiger partial charge in [0.1, 0.15) is 0 Å². The number of ether oxygens (including phenoxy) is 2. The second kappa shape index (κ2) is 7.31. The Morgan fingerprint density at radius 2 is 1.68 bits per heavy atom. The predicted molar refractivity (Wildman–Crippen MR) is 67.3 cm³/mol. The fourth-order valence-corrected chi connectivity index (χ4v) is 1.73. The van der Waals surface area contributed by atoms with Crippen LogP contribution in [-0.2, 0) is 30.3 Å². The summed E-state index contributed by atoms with van der Waals surface area (Å²) in [4.78, 5) is 34.2. The third-order valence-corrected chi connectivity index (χ3v) is 2.70. The number of ketones is 1. The van der Waals surface area contributed by atoms with E-state index in [2.05, 4.69) is 9.47 Å². The van der Waals surface area contributed by atoms with E-state index in [-0.39, 0.29) is 6.42 Å². The van der Waals surface area contributed by atoms with Gasteiger partial charge < -0.3 is 9.47 Å². The summed E-state index contributed by atoms with van der Waals surface area (Å²) in [5.41, 5.74) is 0.899. The van der Waals surface area contributed by atoms with E-state index in [0.29, 0.717) is 6.42 Å². The molecule has 0 heterocycles. The zero-order valence-corrected chi connectivity index (χ0v) is 10.9. The van der Waals surface area contributed by atoms with E-state index in [1.807, 2.05) is 30.3 Å². The van der Waals surface area contributed by atoms with E-state index >= 15 is 0 Å². The number of esters is 2. The first-order valence-electron chi connectivity index (χ1n) is 5.81. The highest BCUT2D eigenvalue weighted by atomic mass is 16.5. The van der Waals surface area contributed by atoms with Crippen molar-refractivity contribution in [2.24, 2.45) is 5.92 Å². The Kier molecular flexibility index (Phi) is 5.73. The van der Waals surface area contributed by atoms with E-state index in [9.17, 15) is 14.4 Å². The summed E-state index contributed by atoms with van der Waals surface area (Å²) in [6.45, 7) is 0. The summed E-state index contributed by atoms with van der Waals surface area (Å²) >= 11 is 0. The molecule has 1 atom stereocenters. The van der Waals surface area contributed by atoms with Gasteiger partial charge in [-0.15, -0.1) is 0 Å². The van der Waals surface area contributed by atoms with Gasteiger partial charge in [-0.05, 0) is 12.0 Å². The van der Waals surface area contributed by atoms with Gasteiger partial charge in [-0.1, -0.05) is 30.3 Å². The summed E-state index contributed by atoms with van der Waals surface area (Å²) in [6.07, 6.45) is 0.129. The van der Waals surface area contributed by atoms with Crippen molar-refractivity contribution in [2.75, 3.05) is 14.2 Å². The fraction of sp³-hybridized carbons (Fsp3) is 0.357. The molecule has 0 aliphatic heterocycles. The van der Waals surface area contributed by atoms with Gasteiger partial charge in [-0.3, -0.25) is 9.59 Å². The van der Waals surface area contributed by atoms with E-state index in [4.69, 9.17) is 0 Å². The number of hydrogen-bond acceptors (Lipinski definition) is 5. The van der Waals surface area contributed by atoms with Crippen molar-refractivity contribution >= 4 is 17.7 Å². The molecule has 0 aromatic heterocycles. The van der Waals surface area contributed by atoms with E-state index < -0.39 is 23.6 Å². The maximum atomic E-state index is 11.6. The highest BCUT2D eigenvalue weighted by molar-refractivity contribution is 6.33. The van der Waals surface area contributed by atoms with Crippen LogP contribution in [0.25, 0.3) is 0 Å². The van der Waals surface area contributed by atoms with E-state index in [0.717, 1.165) is 12.7 Å². The van der Waals surface area contributed by atoms with Gasteiger partial charge >= 0.3 is 11.9 Å². The lowest BCUT2D eigenvalue weighted by Gasteiger charge is -2.13. The molecule has 1 unspecified atom stereocenters. The van der Waals surface area contributed by atoms with Crippen molar-refractivity contribution in [3.8, 4) is 0 Å².